The molecule has 0 aromatic heterocycles. The highest BCUT2D eigenvalue weighted by molar-refractivity contribution is 5.66. The Morgan fingerprint density at radius 1 is 1.58 bits per heavy atom. The van der Waals surface area contributed by atoms with Crippen LogP contribution >= 0.6 is 0 Å². The summed E-state index contributed by atoms with van der Waals surface area (Å²) in [6, 6.07) is 0.495. The average Bonchev–Trinajstić information content (AvgIpc) is 2.05. The molecule has 68 valence electrons. The molecule has 0 saturated heterocycles. The molecule has 3 heteroatoms. The van der Waals surface area contributed by atoms with Gasteiger partial charge in [0.15, 0.2) is 0 Å². The highest BCUT2D eigenvalue weighted by Gasteiger charge is 2.08. The Morgan fingerprint density at radius 3 is 3.00 bits per heavy atom. The highest BCUT2D eigenvalue weighted by Crippen LogP contribution is 2.09. The van der Waals surface area contributed by atoms with Crippen LogP contribution in [0.2, 0.25) is 0 Å². The van der Waals surface area contributed by atoms with Gasteiger partial charge in [-0.1, -0.05) is 12.2 Å². The summed E-state index contributed by atoms with van der Waals surface area (Å²) >= 11 is 0. The van der Waals surface area contributed by atoms with Gasteiger partial charge in [-0.25, -0.2) is 0 Å². The summed E-state index contributed by atoms with van der Waals surface area (Å²) in [5, 5.41) is 11.6. The first-order valence-corrected chi connectivity index (χ1v) is 4.39. The highest BCUT2D eigenvalue weighted by atomic mass is 16.4. The molecule has 0 spiro atoms. The summed E-state index contributed by atoms with van der Waals surface area (Å²) in [6.45, 7) is 0.591. The Kier molecular flexibility index (Phi) is 3.80. The summed E-state index contributed by atoms with van der Waals surface area (Å²) in [6.07, 6.45) is 7.85. The molecule has 3 nitrogen and oxygen atoms in total. The van der Waals surface area contributed by atoms with E-state index in [0.29, 0.717) is 12.6 Å². The molecule has 0 aliphatic heterocycles. The Labute approximate surface area is 72.5 Å². The van der Waals surface area contributed by atoms with E-state index in [0.717, 1.165) is 19.3 Å². The molecule has 1 unspecified atom stereocenters. The van der Waals surface area contributed by atoms with Crippen LogP contribution in [0.25, 0.3) is 0 Å². The van der Waals surface area contributed by atoms with Crippen LogP contribution in [0.4, 0.5) is 0 Å². The number of hydrogen-bond acceptors (Lipinski definition) is 2. The first-order chi connectivity index (χ1) is 5.79. The topological polar surface area (TPSA) is 49.3 Å². The van der Waals surface area contributed by atoms with Gasteiger partial charge < -0.3 is 10.4 Å². The molecular weight excluding hydrogens is 154 g/mol. The normalized spacial score (nSPS) is 22.5. The maximum atomic E-state index is 10.2. The maximum absolute atomic E-state index is 10.2. The third-order valence-corrected chi connectivity index (χ3v) is 2.04. The van der Waals surface area contributed by atoms with Gasteiger partial charge >= 0.3 is 5.97 Å². The second-order valence-corrected chi connectivity index (χ2v) is 3.08. The molecule has 0 saturated carbocycles. The summed E-state index contributed by atoms with van der Waals surface area (Å²) in [5.74, 6) is -0.728. The zero-order chi connectivity index (χ0) is 8.81. The van der Waals surface area contributed by atoms with E-state index in [1.165, 1.54) is 0 Å². The zero-order valence-electron chi connectivity index (χ0n) is 7.12. The fourth-order valence-electron chi connectivity index (χ4n) is 1.36. The number of hydrogen-bond donors (Lipinski definition) is 2. The first-order valence-electron chi connectivity index (χ1n) is 4.39. The predicted molar refractivity (Wildman–Crippen MR) is 47.0 cm³/mol. The van der Waals surface area contributed by atoms with Crippen LogP contribution in [0.1, 0.15) is 25.7 Å². The van der Waals surface area contributed by atoms with E-state index in [1.807, 2.05) is 0 Å². The van der Waals surface area contributed by atoms with Crippen LogP contribution < -0.4 is 5.32 Å². The van der Waals surface area contributed by atoms with Gasteiger partial charge in [0, 0.05) is 12.6 Å². The van der Waals surface area contributed by atoms with E-state index in [9.17, 15) is 4.79 Å². The second-order valence-electron chi connectivity index (χ2n) is 3.08. The van der Waals surface area contributed by atoms with Crippen molar-refractivity contribution in [2.24, 2.45) is 0 Å². The largest absolute Gasteiger partial charge is 0.481 e. The van der Waals surface area contributed by atoms with Crippen molar-refractivity contribution in [1.82, 2.24) is 5.32 Å². The SMILES string of the molecule is O=C(O)CCNC1CC=CCC1. The maximum Gasteiger partial charge on any atom is 0.304 e. The zero-order valence-corrected chi connectivity index (χ0v) is 7.12. The number of carbonyl (C=O) groups is 1. The first kappa shape index (κ1) is 9.26. The van der Waals surface area contributed by atoms with Crippen LogP contribution in [-0.4, -0.2) is 23.7 Å². The summed E-state index contributed by atoms with van der Waals surface area (Å²) in [4.78, 5) is 10.2. The van der Waals surface area contributed by atoms with Gasteiger partial charge in [0.25, 0.3) is 0 Å². The molecule has 0 radical (unpaired) electrons. The molecule has 1 aliphatic carbocycles. The van der Waals surface area contributed by atoms with E-state index in [-0.39, 0.29) is 6.42 Å². The summed E-state index contributed by atoms with van der Waals surface area (Å²) in [5.41, 5.74) is 0. The van der Waals surface area contributed by atoms with Crippen LogP contribution in [0.3, 0.4) is 0 Å². The minimum Gasteiger partial charge on any atom is -0.481 e. The van der Waals surface area contributed by atoms with Crippen molar-refractivity contribution in [3.8, 4) is 0 Å². The fourth-order valence-corrected chi connectivity index (χ4v) is 1.36. The van der Waals surface area contributed by atoms with Crippen molar-refractivity contribution in [2.45, 2.75) is 31.7 Å². The van der Waals surface area contributed by atoms with Crippen molar-refractivity contribution in [2.75, 3.05) is 6.54 Å². The van der Waals surface area contributed by atoms with Crippen LogP contribution in [-0.2, 0) is 4.79 Å². The smallest absolute Gasteiger partial charge is 0.304 e. The molecule has 0 aromatic carbocycles. The van der Waals surface area contributed by atoms with Gasteiger partial charge in [-0.15, -0.1) is 0 Å². The Bertz CT molecular complexity index is 177. The Balaban J connectivity index is 2.06. The van der Waals surface area contributed by atoms with E-state index < -0.39 is 5.97 Å². The van der Waals surface area contributed by atoms with Gasteiger partial charge in [0.05, 0.1) is 6.42 Å². The lowest BCUT2D eigenvalue weighted by atomic mass is 10.0. The van der Waals surface area contributed by atoms with Crippen LogP contribution in [0.15, 0.2) is 12.2 Å². The lowest BCUT2D eigenvalue weighted by molar-refractivity contribution is -0.136. The van der Waals surface area contributed by atoms with Crippen LogP contribution in [0, 0.1) is 0 Å². The molecular formula is C9H15NO2. The van der Waals surface area contributed by atoms with Gasteiger partial charge in [0.1, 0.15) is 0 Å². The number of rotatable bonds is 4. The van der Waals surface area contributed by atoms with E-state index in [2.05, 4.69) is 17.5 Å². The predicted octanol–water partition coefficient (Wildman–Crippen LogP) is 1.16. The summed E-state index contributed by atoms with van der Waals surface area (Å²) < 4.78 is 0. The van der Waals surface area contributed by atoms with Crippen molar-refractivity contribution in [3.63, 3.8) is 0 Å². The number of nitrogens with one attached hydrogen (secondary N) is 1. The molecule has 0 amide bonds. The van der Waals surface area contributed by atoms with Crippen molar-refractivity contribution in [3.05, 3.63) is 12.2 Å². The molecule has 1 atom stereocenters. The quantitative estimate of drug-likeness (QED) is 0.621. The molecule has 12 heavy (non-hydrogen) atoms. The molecule has 0 heterocycles. The number of carboxylic acids is 1. The van der Waals surface area contributed by atoms with E-state index in [1.54, 1.807) is 0 Å². The van der Waals surface area contributed by atoms with E-state index in [4.69, 9.17) is 5.11 Å². The Morgan fingerprint density at radius 2 is 2.42 bits per heavy atom. The third kappa shape index (κ3) is 3.53. The monoisotopic (exact) mass is 169 g/mol. The summed E-state index contributed by atoms with van der Waals surface area (Å²) in [7, 11) is 0. The molecule has 1 rings (SSSR count). The molecule has 1 aliphatic rings. The standard InChI is InChI=1S/C9H15NO2/c11-9(12)6-7-10-8-4-2-1-3-5-8/h1-2,8,10H,3-7H2,(H,11,12). The van der Waals surface area contributed by atoms with Gasteiger partial charge in [-0.2, -0.15) is 0 Å². The minimum absolute atomic E-state index is 0.222. The molecule has 0 fully saturated rings. The van der Waals surface area contributed by atoms with Gasteiger partial charge in [-0.3, -0.25) is 4.79 Å². The average molecular weight is 169 g/mol. The molecule has 0 aromatic rings. The molecule has 2 N–H and O–H groups in total. The fraction of sp³-hybridized carbons (Fsp3) is 0.667. The molecule has 0 bridgehead atoms. The number of aliphatic carboxylic acids is 1. The Hall–Kier alpha value is -0.830. The number of allylic oxidation sites excluding steroid dienone is 1. The van der Waals surface area contributed by atoms with Crippen LogP contribution in [0.5, 0.6) is 0 Å². The number of carboxylic acid groups (broad SMARTS) is 1. The van der Waals surface area contributed by atoms with E-state index >= 15 is 0 Å². The lowest BCUT2D eigenvalue weighted by Crippen LogP contribution is -2.31. The van der Waals surface area contributed by atoms with Gasteiger partial charge in [0.2, 0.25) is 0 Å². The van der Waals surface area contributed by atoms with Crippen molar-refractivity contribution in [1.29, 1.82) is 0 Å². The van der Waals surface area contributed by atoms with Crippen molar-refractivity contribution < 1.29 is 9.90 Å². The lowest BCUT2D eigenvalue weighted by Gasteiger charge is -2.18. The minimum atomic E-state index is -0.728. The second kappa shape index (κ2) is 4.93. The third-order valence-electron chi connectivity index (χ3n) is 2.04. The van der Waals surface area contributed by atoms with Crippen molar-refractivity contribution >= 4 is 5.97 Å². The van der Waals surface area contributed by atoms with Gasteiger partial charge in [-0.05, 0) is 19.3 Å².